The summed E-state index contributed by atoms with van der Waals surface area (Å²) in [5, 5.41) is 0.692. The Hall–Kier alpha value is -1.06. The van der Waals surface area contributed by atoms with E-state index >= 15 is 0 Å². The van der Waals surface area contributed by atoms with E-state index in [2.05, 4.69) is 4.90 Å². The molecule has 4 heteroatoms. The van der Waals surface area contributed by atoms with Crippen LogP contribution in [0.1, 0.15) is 24.2 Å². The molecule has 0 bridgehead atoms. The van der Waals surface area contributed by atoms with E-state index in [1.54, 1.807) is 6.07 Å². The maximum Gasteiger partial charge on any atom is 0.165 e. The van der Waals surface area contributed by atoms with Crippen LogP contribution in [0.3, 0.4) is 0 Å². The average Bonchev–Trinajstić information content (AvgIpc) is 2.39. The second-order valence-electron chi connectivity index (χ2n) is 4.78. The van der Waals surface area contributed by atoms with Gasteiger partial charge >= 0.3 is 0 Å². The molecule has 0 N–H and O–H groups in total. The van der Waals surface area contributed by atoms with E-state index in [4.69, 9.17) is 16.3 Å². The molecule has 1 aromatic rings. The van der Waals surface area contributed by atoms with Crippen LogP contribution in [0.25, 0.3) is 0 Å². The van der Waals surface area contributed by atoms with Crippen molar-refractivity contribution in [2.45, 2.75) is 13.8 Å². The van der Waals surface area contributed by atoms with E-state index in [1.807, 2.05) is 26.0 Å². The topological polar surface area (TPSA) is 29.5 Å². The molecule has 1 fully saturated rings. The van der Waals surface area contributed by atoms with E-state index < -0.39 is 0 Å². The third-order valence-corrected chi connectivity index (χ3v) is 3.43. The summed E-state index contributed by atoms with van der Waals surface area (Å²) in [6, 6.07) is 5.51. The lowest BCUT2D eigenvalue weighted by atomic mass is 10.0. The Morgan fingerprint density at radius 1 is 1.33 bits per heavy atom. The Bertz CT molecular complexity index is 439. The number of ketones is 1. The fourth-order valence-corrected chi connectivity index (χ4v) is 2.28. The third-order valence-electron chi connectivity index (χ3n) is 3.11. The number of carbonyl (C=O) groups is 1. The smallest absolute Gasteiger partial charge is 0.165 e. The highest BCUT2D eigenvalue weighted by Crippen LogP contribution is 2.28. The molecule has 2 rings (SSSR count). The normalized spacial score (nSPS) is 16.1. The van der Waals surface area contributed by atoms with Crippen molar-refractivity contribution >= 4 is 23.1 Å². The van der Waals surface area contributed by atoms with E-state index in [9.17, 15) is 4.79 Å². The zero-order chi connectivity index (χ0) is 13.1. The minimum Gasteiger partial charge on any atom is -0.378 e. The standard InChI is InChI=1S/C14H18ClNO2/c1-10(2)14(17)11-3-4-12(15)13(9-11)16-5-7-18-8-6-16/h3-4,9-10H,5-8H2,1-2H3. The van der Waals surface area contributed by atoms with Crippen LogP contribution in [0.15, 0.2) is 18.2 Å². The molecule has 0 amide bonds. The first-order valence-electron chi connectivity index (χ1n) is 6.26. The summed E-state index contributed by atoms with van der Waals surface area (Å²) in [6.07, 6.45) is 0. The maximum absolute atomic E-state index is 12.0. The van der Waals surface area contributed by atoms with Gasteiger partial charge in [0.1, 0.15) is 0 Å². The van der Waals surface area contributed by atoms with Gasteiger partial charge in [0.05, 0.1) is 23.9 Å². The van der Waals surface area contributed by atoms with Crippen molar-refractivity contribution in [1.29, 1.82) is 0 Å². The van der Waals surface area contributed by atoms with Crippen LogP contribution in [0.4, 0.5) is 5.69 Å². The summed E-state index contributed by atoms with van der Waals surface area (Å²) < 4.78 is 5.33. The largest absolute Gasteiger partial charge is 0.378 e. The van der Waals surface area contributed by atoms with Gasteiger partial charge in [0.2, 0.25) is 0 Å². The summed E-state index contributed by atoms with van der Waals surface area (Å²) in [5.74, 6) is 0.157. The highest BCUT2D eigenvalue weighted by Gasteiger charge is 2.17. The SMILES string of the molecule is CC(C)C(=O)c1ccc(Cl)c(N2CCOCC2)c1. The zero-order valence-electron chi connectivity index (χ0n) is 10.8. The van der Waals surface area contributed by atoms with Crippen molar-refractivity contribution in [3.63, 3.8) is 0 Å². The van der Waals surface area contributed by atoms with Crippen molar-refractivity contribution in [3.05, 3.63) is 28.8 Å². The predicted octanol–water partition coefficient (Wildman–Crippen LogP) is 3.02. The van der Waals surface area contributed by atoms with Gasteiger partial charge in [-0.1, -0.05) is 25.4 Å². The van der Waals surface area contributed by atoms with Gasteiger partial charge in [-0.3, -0.25) is 4.79 Å². The minimum atomic E-state index is 0.00344. The molecule has 98 valence electrons. The Balaban J connectivity index is 2.28. The van der Waals surface area contributed by atoms with Crippen LogP contribution in [-0.4, -0.2) is 32.1 Å². The van der Waals surface area contributed by atoms with Gasteiger partial charge in [-0.25, -0.2) is 0 Å². The van der Waals surface area contributed by atoms with Crippen molar-refractivity contribution in [2.24, 2.45) is 5.92 Å². The molecule has 1 heterocycles. The Morgan fingerprint density at radius 2 is 2.00 bits per heavy atom. The molecule has 0 aromatic heterocycles. The van der Waals surface area contributed by atoms with Gasteiger partial charge in [-0.2, -0.15) is 0 Å². The third kappa shape index (κ3) is 2.85. The first-order chi connectivity index (χ1) is 8.59. The van der Waals surface area contributed by atoms with E-state index in [1.165, 1.54) is 0 Å². The van der Waals surface area contributed by atoms with Crippen LogP contribution in [0.5, 0.6) is 0 Å². The number of benzene rings is 1. The Labute approximate surface area is 113 Å². The first kappa shape index (κ1) is 13.4. The number of halogens is 1. The number of morpholine rings is 1. The van der Waals surface area contributed by atoms with Crippen molar-refractivity contribution in [1.82, 2.24) is 0 Å². The zero-order valence-corrected chi connectivity index (χ0v) is 11.5. The van der Waals surface area contributed by atoms with Crippen molar-refractivity contribution in [3.8, 4) is 0 Å². The number of ether oxygens (including phenoxy) is 1. The molecule has 0 aliphatic carbocycles. The van der Waals surface area contributed by atoms with Gasteiger partial charge < -0.3 is 9.64 Å². The number of hydrogen-bond acceptors (Lipinski definition) is 3. The summed E-state index contributed by atoms with van der Waals surface area (Å²) in [5.41, 5.74) is 1.67. The van der Waals surface area contributed by atoms with Gasteiger partial charge in [0, 0.05) is 24.6 Å². The molecule has 0 unspecified atom stereocenters. The Morgan fingerprint density at radius 3 is 2.61 bits per heavy atom. The van der Waals surface area contributed by atoms with Crippen molar-refractivity contribution in [2.75, 3.05) is 31.2 Å². The summed E-state index contributed by atoms with van der Waals surface area (Å²) in [7, 11) is 0. The van der Waals surface area contributed by atoms with Gasteiger partial charge in [0.25, 0.3) is 0 Å². The highest BCUT2D eigenvalue weighted by molar-refractivity contribution is 6.33. The molecule has 0 spiro atoms. The molecule has 1 aliphatic rings. The van der Waals surface area contributed by atoms with Crippen LogP contribution in [-0.2, 0) is 4.74 Å². The predicted molar refractivity (Wildman–Crippen MR) is 73.7 cm³/mol. The molecule has 0 atom stereocenters. The van der Waals surface area contributed by atoms with Crippen LogP contribution >= 0.6 is 11.6 Å². The van der Waals surface area contributed by atoms with E-state index in [-0.39, 0.29) is 11.7 Å². The fourth-order valence-electron chi connectivity index (χ4n) is 2.05. The monoisotopic (exact) mass is 267 g/mol. The number of hydrogen-bond donors (Lipinski definition) is 0. The second kappa shape index (κ2) is 5.72. The first-order valence-corrected chi connectivity index (χ1v) is 6.64. The lowest BCUT2D eigenvalue weighted by molar-refractivity contribution is 0.0939. The fraction of sp³-hybridized carbons (Fsp3) is 0.500. The number of rotatable bonds is 3. The molecule has 1 aliphatic heterocycles. The Kier molecular flexibility index (Phi) is 4.25. The molecular weight excluding hydrogens is 250 g/mol. The summed E-state index contributed by atoms with van der Waals surface area (Å²) in [6.45, 7) is 6.87. The van der Waals surface area contributed by atoms with E-state index in [0.717, 1.165) is 24.3 Å². The molecular formula is C14H18ClNO2. The molecule has 1 aromatic carbocycles. The van der Waals surface area contributed by atoms with Crippen molar-refractivity contribution < 1.29 is 9.53 Å². The number of Topliss-reactive ketones (excluding diaryl/α,β-unsaturated/α-hetero) is 1. The van der Waals surface area contributed by atoms with Gasteiger partial charge in [-0.05, 0) is 18.2 Å². The summed E-state index contributed by atoms with van der Waals surface area (Å²) >= 11 is 6.22. The lowest BCUT2D eigenvalue weighted by Crippen LogP contribution is -2.36. The van der Waals surface area contributed by atoms with E-state index in [0.29, 0.717) is 18.2 Å². The van der Waals surface area contributed by atoms with Crippen LogP contribution in [0, 0.1) is 5.92 Å². The number of nitrogens with zero attached hydrogens (tertiary/aromatic N) is 1. The molecule has 18 heavy (non-hydrogen) atoms. The highest BCUT2D eigenvalue weighted by atomic mass is 35.5. The lowest BCUT2D eigenvalue weighted by Gasteiger charge is -2.29. The number of anilines is 1. The van der Waals surface area contributed by atoms with Gasteiger partial charge in [0.15, 0.2) is 5.78 Å². The second-order valence-corrected chi connectivity index (χ2v) is 5.19. The molecule has 3 nitrogen and oxygen atoms in total. The quantitative estimate of drug-likeness (QED) is 0.789. The summed E-state index contributed by atoms with van der Waals surface area (Å²) in [4.78, 5) is 14.2. The molecule has 1 saturated heterocycles. The minimum absolute atomic E-state index is 0.00344. The van der Waals surface area contributed by atoms with Gasteiger partial charge in [-0.15, -0.1) is 0 Å². The number of carbonyl (C=O) groups excluding carboxylic acids is 1. The maximum atomic E-state index is 12.0. The van der Waals surface area contributed by atoms with Crippen LogP contribution in [0.2, 0.25) is 5.02 Å². The average molecular weight is 268 g/mol. The molecule has 0 saturated carbocycles. The van der Waals surface area contributed by atoms with Crippen LogP contribution < -0.4 is 4.90 Å². The molecule has 0 radical (unpaired) electrons.